The molecule has 0 unspecified atom stereocenters. The van der Waals surface area contributed by atoms with Crippen molar-refractivity contribution in [1.82, 2.24) is 0 Å². The second kappa shape index (κ2) is 1.39. The molecule has 0 aromatic carbocycles. The maximum absolute atomic E-state index is 10.6. The second-order valence-electron chi connectivity index (χ2n) is 4.26. The van der Waals surface area contributed by atoms with E-state index in [9.17, 15) is 4.79 Å². The molecule has 3 saturated carbocycles. The van der Waals surface area contributed by atoms with Crippen molar-refractivity contribution in [3.05, 3.63) is 0 Å². The first-order valence-corrected chi connectivity index (χ1v) is 4.91. The Balaban J connectivity index is 1.81. The Bertz CT molecular complexity index is 265. The number of aliphatic carboxylic acids is 1. The van der Waals surface area contributed by atoms with Crippen molar-refractivity contribution in [1.29, 1.82) is 0 Å². The number of alkyl halides is 1. The van der Waals surface area contributed by atoms with Crippen molar-refractivity contribution in [3.8, 4) is 0 Å². The average molecular weight is 217 g/mol. The van der Waals surface area contributed by atoms with Crippen LogP contribution in [0.1, 0.15) is 19.3 Å². The van der Waals surface area contributed by atoms with Gasteiger partial charge in [0.05, 0.1) is 5.92 Å². The second-order valence-corrected chi connectivity index (χ2v) is 5.36. The highest BCUT2D eigenvalue weighted by atomic mass is 79.9. The van der Waals surface area contributed by atoms with Crippen LogP contribution >= 0.6 is 15.9 Å². The predicted octanol–water partition coefficient (Wildman–Crippen LogP) is 1.63. The van der Waals surface area contributed by atoms with Crippen LogP contribution in [-0.2, 0) is 4.79 Å². The first-order valence-electron chi connectivity index (χ1n) is 3.99. The zero-order valence-corrected chi connectivity index (χ0v) is 7.60. The normalized spacial score (nSPS) is 63.4. The van der Waals surface area contributed by atoms with Crippen LogP contribution in [0.25, 0.3) is 0 Å². The number of rotatable bonds is 1. The van der Waals surface area contributed by atoms with Crippen LogP contribution in [0, 0.1) is 16.7 Å². The van der Waals surface area contributed by atoms with E-state index < -0.39 is 5.97 Å². The van der Waals surface area contributed by atoms with Crippen molar-refractivity contribution >= 4 is 21.9 Å². The van der Waals surface area contributed by atoms with Crippen molar-refractivity contribution in [2.75, 3.05) is 0 Å². The summed E-state index contributed by atoms with van der Waals surface area (Å²) in [5.41, 5.74) is 0.725. The lowest BCUT2D eigenvalue weighted by Crippen LogP contribution is -2.01. The number of halogens is 1. The van der Waals surface area contributed by atoms with Gasteiger partial charge in [0.2, 0.25) is 0 Å². The maximum Gasteiger partial charge on any atom is 0.307 e. The molecule has 1 N–H and O–H groups in total. The van der Waals surface area contributed by atoms with Gasteiger partial charge in [-0.1, -0.05) is 15.9 Å². The van der Waals surface area contributed by atoms with Crippen LogP contribution < -0.4 is 0 Å². The summed E-state index contributed by atoms with van der Waals surface area (Å²) in [7, 11) is 0. The summed E-state index contributed by atoms with van der Waals surface area (Å²) < 4.78 is 0. The van der Waals surface area contributed by atoms with Gasteiger partial charge in [0, 0.05) is 4.83 Å². The van der Waals surface area contributed by atoms with Gasteiger partial charge in [-0.25, -0.2) is 0 Å². The lowest BCUT2D eigenvalue weighted by Gasteiger charge is -1.88. The van der Waals surface area contributed by atoms with Gasteiger partial charge in [0.1, 0.15) is 0 Å². The molecule has 2 nitrogen and oxygen atoms in total. The Morgan fingerprint density at radius 2 is 2.09 bits per heavy atom. The predicted molar refractivity (Wildman–Crippen MR) is 42.6 cm³/mol. The molecule has 0 aliphatic heterocycles. The molecule has 60 valence electrons. The van der Waals surface area contributed by atoms with E-state index in [1.807, 2.05) is 0 Å². The van der Waals surface area contributed by atoms with Gasteiger partial charge in [-0.05, 0) is 30.1 Å². The van der Waals surface area contributed by atoms with Gasteiger partial charge in [0.15, 0.2) is 0 Å². The monoisotopic (exact) mass is 216 g/mol. The third-order valence-corrected chi connectivity index (χ3v) is 5.05. The molecule has 0 radical (unpaired) electrons. The van der Waals surface area contributed by atoms with Gasteiger partial charge >= 0.3 is 5.97 Å². The standard InChI is InChI=1S/C8H9BrO2/c9-5-2-8(5)3-7(8)1-4(7)6(10)11/h4-5H,1-3H2,(H,10,11)/t4-,5-,7-,8-/m1/s1. The van der Waals surface area contributed by atoms with E-state index >= 15 is 0 Å². The first-order chi connectivity index (χ1) is 5.12. The minimum atomic E-state index is -0.575. The highest BCUT2D eigenvalue weighted by Crippen LogP contribution is 2.92. The number of hydrogen-bond donors (Lipinski definition) is 1. The molecule has 0 aromatic rings. The molecular formula is C8H9BrO2. The molecule has 3 aliphatic rings. The van der Waals surface area contributed by atoms with E-state index in [1.54, 1.807) is 0 Å². The Kier molecular flexibility index (Phi) is 0.817. The zero-order valence-electron chi connectivity index (χ0n) is 6.01. The SMILES string of the molecule is O=C(O)[C@H]1C[C@@]12C[C@@]21C[C@H]1Br. The fourth-order valence-corrected chi connectivity index (χ4v) is 4.05. The summed E-state index contributed by atoms with van der Waals surface area (Å²) in [6.07, 6.45) is 3.34. The number of carbonyl (C=O) groups is 1. The molecule has 0 saturated heterocycles. The smallest absolute Gasteiger partial charge is 0.307 e. The number of fused-ring (bicyclic) bond motifs is 1. The van der Waals surface area contributed by atoms with Crippen molar-refractivity contribution in [2.45, 2.75) is 24.1 Å². The Morgan fingerprint density at radius 3 is 2.36 bits per heavy atom. The van der Waals surface area contributed by atoms with E-state index in [0.717, 1.165) is 6.42 Å². The van der Waals surface area contributed by atoms with Crippen LogP contribution in [0.5, 0.6) is 0 Å². The van der Waals surface area contributed by atoms with Crippen LogP contribution in [-0.4, -0.2) is 15.9 Å². The van der Waals surface area contributed by atoms with Crippen molar-refractivity contribution in [3.63, 3.8) is 0 Å². The molecule has 3 heteroatoms. The summed E-state index contributed by atoms with van der Waals surface area (Å²) in [6.45, 7) is 0. The summed E-state index contributed by atoms with van der Waals surface area (Å²) >= 11 is 3.57. The molecule has 3 aliphatic carbocycles. The van der Waals surface area contributed by atoms with E-state index in [2.05, 4.69) is 15.9 Å². The van der Waals surface area contributed by atoms with E-state index in [0.29, 0.717) is 10.2 Å². The molecule has 2 spiro atoms. The highest BCUT2D eigenvalue weighted by Gasteiger charge is 2.89. The lowest BCUT2D eigenvalue weighted by atomic mass is 10.2. The Morgan fingerprint density at radius 1 is 1.45 bits per heavy atom. The number of carboxylic acids is 1. The van der Waals surface area contributed by atoms with Crippen molar-refractivity contribution < 1.29 is 9.90 Å². The van der Waals surface area contributed by atoms with Gasteiger partial charge in [-0.2, -0.15) is 0 Å². The topological polar surface area (TPSA) is 37.3 Å². The van der Waals surface area contributed by atoms with Gasteiger partial charge < -0.3 is 5.11 Å². The summed E-state index contributed by atoms with van der Waals surface area (Å²) in [4.78, 5) is 11.3. The van der Waals surface area contributed by atoms with Crippen LogP contribution in [0.15, 0.2) is 0 Å². The fraction of sp³-hybridized carbons (Fsp3) is 0.875. The van der Waals surface area contributed by atoms with Crippen LogP contribution in [0.2, 0.25) is 0 Å². The first kappa shape index (κ1) is 6.46. The van der Waals surface area contributed by atoms with Gasteiger partial charge in [0.25, 0.3) is 0 Å². The summed E-state index contributed by atoms with van der Waals surface area (Å²) in [5.74, 6) is -0.571. The van der Waals surface area contributed by atoms with Crippen molar-refractivity contribution in [2.24, 2.45) is 16.7 Å². The third-order valence-electron chi connectivity index (χ3n) is 3.85. The Hall–Kier alpha value is -0.0500. The Labute approximate surface area is 73.1 Å². The zero-order chi connectivity index (χ0) is 7.85. The van der Waals surface area contributed by atoms with Gasteiger partial charge in [-0.15, -0.1) is 0 Å². The molecule has 0 amide bonds. The van der Waals surface area contributed by atoms with Crippen LogP contribution in [0.4, 0.5) is 0 Å². The summed E-state index contributed by atoms with van der Waals surface area (Å²) in [5, 5.41) is 8.76. The minimum Gasteiger partial charge on any atom is -0.481 e. The van der Waals surface area contributed by atoms with Gasteiger partial charge in [-0.3, -0.25) is 4.79 Å². The maximum atomic E-state index is 10.6. The average Bonchev–Trinajstić information content (AvgIpc) is 2.76. The minimum absolute atomic E-state index is 0.00468. The number of hydrogen-bond acceptors (Lipinski definition) is 1. The largest absolute Gasteiger partial charge is 0.481 e. The molecule has 11 heavy (non-hydrogen) atoms. The third kappa shape index (κ3) is 0.515. The molecule has 4 atom stereocenters. The van der Waals surface area contributed by atoms with E-state index in [-0.39, 0.29) is 11.3 Å². The lowest BCUT2D eigenvalue weighted by molar-refractivity contribution is -0.139. The van der Waals surface area contributed by atoms with E-state index in [4.69, 9.17) is 5.11 Å². The highest BCUT2D eigenvalue weighted by molar-refractivity contribution is 9.09. The molecule has 0 aromatic heterocycles. The number of carboxylic acid groups (broad SMARTS) is 1. The summed E-state index contributed by atoms with van der Waals surface area (Å²) in [6, 6.07) is 0. The molecular weight excluding hydrogens is 208 g/mol. The molecule has 0 bridgehead atoms. The molecule has 3 fully saturated rings. The fourth-order valence-electron chi connectivity index (χ4n) is 2.85. The van der Waals surface area contributed by atoms with E-state index in [1.165, 1.54) is 12.8 Å². The van der Waals surface area contributed by atoms with Crippen LogP contribution in [0.3, 0.4) is 0 Å². The molecule has 0 heterocycles. The molecule has 3 rings (SSSR count). The quantitative estimate of drug-likeness (QED) is 0.678.